The number of fused-ring (bicyclic) bond motifs is 1. The van der Waals surface area contributed by atoms with Crippen LogP contribution in [0.5, 0.6) is 11.5 Å². The Hall–Kier alpha value is -2.09. The monoisotopic (exact) mass is 349 g/mol. The van der Waals surface area contributed by atoms with Crippen molar-refractivity contribution in [1.29, 1.82) is 0 Å². The molecule has 0 amide bonds. The molecule has 2 aromatic carbocycles. The molecule has 1 aliphatic rings. The molecule has 1 heterocycles. The van der Waals surface area contributed by atoms with Gasteiger partial charge in [-0.25, -0.2) is 13.1 Å². The van der Waals surface area contributed by atoms with Gasteiger partial charge in [0.1, 0.15) is 13.2 Å². The lowest BCUT2D eigenvalue weighted by Crippen LogP contribution is -2.27. The third-order valence-corrected chi connectivity index (χ3v) is 4.93. The average Bonchev–Trinajstić information content (AvgIpc) is 2.62. The molecular formula is C17H19NO5S. The molecule has 0 saturated carbocycles. The Bertz CT molecular complexity index is 777. The quantitative estimate of drug-likeness (QED) is 0.774. The maximum absolute atomic E-state index is 12.3. The van der Waals surface area contributed by atoms with E-state index < -0.39 is 10.0 Å². The van der Waals surface area contributed by atoms with Crippen molar-refractivity contribution in [3.8, 4) is 11.5 Å². The molecule has 6 nitrogen and oxygen atoms in total. The van der Waals surface area contributed by atoms with Gasteiger partial charge in [0.05, 0.1) is 18.1 Å². The number of hydrogen-bond donors (Lipinski definition) is 1. The van der Waals surface area contributed by atoms with Crippen molar-refractivity contribution in [1.82, 2.24) is 4.72 Å². The molecule has 2 aromatic rings. The molecule has 0 aromatic heterocycles. The fourth-order valence-corrected chi connectivity index (χ4v) is 3.31. The molecule has 24 heavy (non-hydrogen) atoms. The summed E-state index contributed by atoms with van der Waals surface area (Å²) in [5.41, 5.74) is 1.05. The fraction of sp³-hybridized carbons (Fsp3) is 0.294. The van der Waals surface area contributed by atoms with E-state index in [9.17, 15) is 8.42 Å². The summed E-state index contributed by atoms with van der Waals surface area (Å²) in [7, 11) is -3.60. The predicted octanol–water partition coefficient (Wildman–Crippen LogP) is 1.95. The van der Waals surface area contributed by atoms with E-state index in [1.807, 2.05) is 30.3 Å². The Balaban J connectivity index is 1.51. The summed E-state index contributed by atoms with van der Waals surface area (Å²) >= 11 is 0. The summed E-state index contributed by atoms with van der Waals surface area (Å²) < 4.78 is 43.4. The Morgan fingerprint density at radius 2 is 1.75 bits per heavy atom. The van der Waals surface area contributed by atoms with Gasteiger partial charge in [-0.05, 0) is 17.7 Å². The van der Waals surface area contributed by atoms with Gasteiger partial charge in [0.2, 0.25) is 10.0 Å². The highest BCUT2D eigenvalue weighted by molar-refractivity contribution is 7.89. The van der Waals surface area contributed by atoms with Crippen LogP contribution in [-0.4, -0.2) is 34.8 Å². The van der Waals surface area contributed by atoms with Gasteiger partial charge in [-0.3, -0.25) is 0 Å². The Morgan fingerprint density at radius 3 is 2.54 bits per heavy atom. The summed E-state index contributed by atoms with van der Waals surface area (Å²) in [4.78, 5) is 0.148. The summed E-state index contributed by atoms with van der Waals surface area (Å²) in [5, 5.41) is 0. The minimum atomic E-state index is -3.60. The second-order valence-corrected chi connectivity index (χ2v) is 7.01. The molecule has 0 bridgehead atoms. The first-order valence-corrected chi connectivity index (χ1v) is 9.14. The van der Waals surface area contributed by atoms with Gasteiger partial charge in [-0.2, -0.15) is 0 Å². The molecule has 0 fully saturated rings. The van der Waals surface area contributed by atoms with Crippen LogP contribution in [0.25, 0.3) is 0 Å². The van der Waals surface area contributed by atoms with Crippen LogP contribution in [-0.2, 0) is 21.4 Å². The smallest absolute Gasteiger partial charge is 0.240 e. The number of benzene rings is 2. The third kappa shape index (κ3) is 4.25. The zero-order valence-electron chi connectivity index (χ0n) is 13.1. The highest BCUT2D eigenvalue weighted by Gasteiger charge is 2.18. The second-order valence-electron chi connectivity index (χ2n) is 5.24. The highest BCUT2D eigenvalue weighted by atomic mass is 32.2. The number of nitrogens with one attached hydrogen (secondary N) is 1. The summed E-state index contributed by atoms with van der Waals surface area (Å²) in [6.07, 6.45) is 0. The van der Waals surface area contributed by atoms with E-state index in [0.717, 1.165) is 5.56 Å². The van der Waals surface area contributed by atoms with Gasteiger partial charge in [0.15, 0.2) is 11.5 Å². The van der Waals surface area contributed by atoms with Crippen LogP contribution in [0, 0.1) is 0 Å². The Kier molecular flexibility index (Phi) is 5.34. The van der Waals surface area contributed by atoms with Crippen LogP contribution in [0.2, 0.25) is 0 Å². The van der Waals surface area contributed by atoms with E-state index in [1.165, 1.54) is 12.1 Å². The normalized spacial score (nSPS) is 13.7. The zero-order valence-corrected chi connectivity index (χ0v) is 13.9. The molecule has 0 spiro atoms. The minimum absolute atomic E-state index is 0.148. The molecule has 7 heteroatoms. The first-order valence-electron chi connectivity index (χ1n) is 7.66. The summed E-state index contributed by atoms with van der Waals surface area (Å²) in [5.74, 6) is 1.01. The van der Waals surface area contributed by atoms with Gasteiger partial charge < -0.3 is 14.2 Å². The molecule has 0 aliphatic carbocycles. The molecule has 1 aliphatic heterocycles. The van der Waals surface area contributed by atoms with Crippen LogP contribution in [0.3, 0.4) is 0 Å². The summed E-state index contributed by atoms with van der Waals surface area (Å²) in [6, 6.07) is 14.3. The van der Waals surface area contributed by atoms with Crippen molar-refractivity contribution < 1.29 is 22.6 Å². The molecule has 0 unspecified atom stereocenters. The van der Waals surface area contributed by atoms with Crippen LogP contribution >= 0.6 is 0 Å². The lowest BCUT2D eigenvalue weighted by atomic mass is 10.2. The largest absolute Gasteiger partial charge is 0.486 e. The van der Waals surface area contributed by atoms with Gasteiger partial charge in [0, 0.05) is 12.6 Å². The van der Waals surface area contributed by atoms with Gasteiger partial charge in [0.25, 0.3) is 0 Å². The van der Waals surface area contributed by atoms with E-state index in [1.54, 1.807) is 6.07 Å². The van der Waals surface area contributed by atoms with Crippen LogP contribution in [0.15, 0.2) is 53.4 Å². The molecule has 3 rings (SSSR count). The molecule has 0 saturated heterocycles. The molecule has 0 atom stereocenters. The molecule has 1 N–H and O–H groups in total. The third-order valence-electron chi connectivity index (χ3n) is 3.47. The van der Waals surface area contributed by atoms with Crippen LogP contribution in [0.1, 0.15) is 5.56 Å². The van der Waals surface area contributed by atoms with Crippen LogP contribution in [0.4, 0.5) is 0 Å². The number of sulfonamides is 1. The maximum atomic E-state index is 12.3. The second kappa shape index (κ2) is 7.65. The Morgan fingerprint density at radius 1 is 1.00 bits per heavy atom. The van der Waals surface area contributed by atoms with Crippen molar-refractivity contribution in [2.24, 2.45) is 0 Å². The van der Waals surface area contributed by atoms with Gasteiger partial charge in [-0.1, -0.05) is 30.3 Å². The first-order chi connectivity index (χ1) is 11.6. The highest BCUT2D eigenvalue weighted by Crippen LogP contribution is 2.32. The standard InChI is InChI=1S/C17H19NO5S/c19-24(20,15-6-7-16-17(12-15)23-11-10-22-16)18-8-9-21-13-14-4-2-1-3-5-14/h1-7,12,18H,8-11,13H2. The lowest BCUT2D eigenvalue weighted by molar-refractivity contribution is 0.126. The molecule has 128 valence electrons. The van der Waals surface area contributed by atoms with E-state index >= 15 is 0 Å². The van der Waals surface area contributed by atoms with Gasteiger partial charge >= 0.3 is 0 Å². The fourth-order valence-electron chi connectivity index (χ4n) is 2.29. The van der Waals surface area contributed by atoms with Crippen LogP contribution < -0.4 is 14.2 Å². The maximum Gasteiger partial charge on any atom is 0.240 e. The van der Waals surface area contributed by atoms with Crippen molar-refractivity contribution >= 4 is 10.0 Å². The summed E-state index contributed by atoms with van der Waals surface area (Å²) in [6.45, 7) is 1.82. The van der Waals surface area contributed by atoms with Crippen molar-refractivity contribution in [2.75, 3.05) is 26.4 Å². The minimum Gasteiger partial charge on any atom is -0.486 e. The first kappa shape index (κ1) is 16.8. The van der Waals surface area contributed by atoms with Crippen molar-refractivity contribution in [3.63, 3.8) is 0 Å². The number of hydrogen-bond acceptors (Lipinski definition) is 5. The van der Waals surface area contributed by atoms with E-state index in [4.69, 9.17) is 14.2 Å². The Labute approximate surface area is 141 Å². The SMILES string of the molecule is O=S(=O)(NCCOCc1ccccc1)c1ccc2c(c1)OCCO2. The van der Waals surface area contributed by atoms with E-state index in [2.05, 4.69) is 4.72 Å². The molecular weight excluding hydrogens is 330 g/mol. The van der Waals surface area contributed by atoms with E-state index in [0.29, 0.717) is 37.9 Å². The lowest BCUT2D eigenvalue weighted by Gasteiger charge is -2.18. The van der Waals surface area contributed by atoms with E-state index in [-0.39, 0.29) is 11.4 Å². The van der Waals surface area contributed by atoms with Crippen molar-refractivity contribution in [2.45, 2.75) is 11.5 Å². The average molecular weight is 349 g/mol. The van der Waals surface area contributed by atoms with Crippen molar-refractivity contribution in [3.05, 3.63) is 54.1 Å². The predicted molar refractivity (Wildman–Crippen MR) is 88.7 cm³/mol. The molecule has 0 radical (unpaired) electrons. The van der Waals surface area contributed by atoms with Gasteiger partial charge in [-0.15, -0.1) is 0 Å². The zero-order chi connectivity index (χ0) is 16.8. The number of rotatable bonds is 7. The number of ether oxygens (including phenoxy) is 3. The topological polar surface area (TPSA) is 73.9 Å².